The third kappa shape index (κ3) is 5.17. The second kappa shape index (κ2) is 8.17. The lowest BCUT2D eigenvalue weighted by molar-refractivity contribution is -0.148. The van der Waals surface area contributed by atoms with Crippen molar-refractivity contribution in [3.63, 3.8) is 0 Å². The highest BCUT2D eigenvalue weighted by Gasteiger charge is 2.40. The summed E-state index contributed by atoms with van der Waals surface area (Å²) in [5.41, 5.74) is 0.479. The molecule has 2 aliphatic rings. The number of benzene rings is 1. The molecule has 25 heavy (non-hydrogen) atoms. The summed E-state index contributed by atoms with van der Waals surface area (Å²) in [6, 6.07) is 6.10. The number of carbonyl (C=O) groups is 2. The molecule has 2 saturated carbocycles. The molecule has 0 aromatic heterocycles. The summed E-state index contributed by atoms with van der Waals surface area (Å²) in [4.78, 5) is 24.2. The molecule has 1 aromatic carbocycles. The summed E-state index contributed by atoms with van der Waals surface area (Å²) < 4.78 is 29.6. The van der Waals surface area contributed by atoms with Crippen molar-refractivity contribution in [3.05, 3.63) is 24.3 Å². The minimum atomic E-state index is -2.48. The van der Waals surface area contributed by atoms with Crippen molar-refractivity contribution in [2.24, 2.45) is 17.8 Å². The molecule has 0 aliphatic heterocycles. The lowest BCUT2D eigenvalue weighted by atomic mass is 9.86. The van der Waals surface area contributed by atoms with Gasteiger partial charge in [0.05, 0.1) is 0 Å². The van der Waals surface area contributed by atoms with Crippen molar-refractivity contribution >= 4 is 29.3 Å². The number of rotatable bonds is 7. The van der Waals surface area contributed by atoms with Crippen LogP contribution >= 0.6 is 11.8 Å². The maximum absolute atomic E-state index is 12.2. The van der Waals surface area contributed by atoms with Crippen molar-refractivity contribution < 1.29 is 23.1 Å². The maximum atomic E-state index is 12.2. The average molecular weight is 369 g/mol. The summed E-state index contributed by atoms with van der Waals surface area (Å²) in [5, 5.41) is 2.59. The van der Waals surface area contributed by atoms with Gasteiger partial charge >= 0.3 is 5.97 Å². The third-order valence-corrected chi connectivity index (χ3v) is 5.76. The highest BCUT2D eigenvalue weighted by Crippen LogP contribution is 2.49. The van der Waals surface area contributed by atoms with Gasteiger partial charge in [-0.25, -0.2) is 0 Å². The molecular weight excluding hydrogens is 348 g/mol. The molecule has 136 valence electrons. The van der Waals surface area contributed by atoms with Crippen LogP contribution in [0.2, 0.25) is 0 Å². The Bertz CT molecular complexity index is 623. The monoisotopic (exact) mass is 369 g/mol. The smallest absolute Gasteiger partial charge is 0.306 e. The first-order valence-corrected chi connectivity index (χ1v) is 9.38. The fraction of sp³-hybridized carbons (Fsp3) is 0.556. The van der Waals surface area contributed by atoms with Crippen molar-refractivity contribution in [2.75, 3.05) is 11.9 Å². The molecule has 2 bridgehead atoms. The van der Waals surface area contributed by atoms with Gasteiger partial charge in [-0.05, 0) is 61.3 Å². The summed E-state index contributed by atoms with van der Waals surface area (Å²) in [5.74, 6) is -1.40. The third-order valence-electron chi connectivity index (χ3n) is 5.04. The van der Waals surface area contributed by atoms with E-state index in [1.54, 1.807) is 12.1 Å². The number of ether oxygens (including phenoxy) is 1. The van der Waals surface area contributed by atoms with Gasteiger partial charge in [-0.15, -0.1) is 0 Å². The quantitative estimate of drug-likeness (QED) is 0.575. The Morgan fingerprint density at radius 1 is 1.20 bits per heavy atom. The summed E-state index contributed by atoms with van der Waals surface area (Å²) in [6.45, 7) is -0.326. The summed E-state index contributed by atoms with van der Waals surface area (Å²) in [7, 11) is 0. The molecule has 0 spiro atoms. The van der Waals surface area contributed by atoms with Crippen LogP contribution in [0.4, 0.5) is 14.5 Å². The van der Waals surface area contributed by atoms with Crippen LogP contribution in [0.1, 0.15) is 32.1 Å². The molecule has 1 aromatic rings. The number of fused-ring (bicyclic) bond motifs is 2. The van der Waals surface area contributed by atoms with E-state index in [2.05, 4.69) is 5.32 Å². The number of anilines is 1. The zero-order valence-corrected chi connectivity index (χ0v) is 14.6. The fourth-order valence-electron chi connectivity index (χ4n) is 3.96. The normalized spacial score (nSPS) is 24.5. The molecule has 2 fully saturated rings. The SMILES string of the molecule is O=C(COC(=O)C[C@H]1C[C@H]2CC[C@@H]1C2)Nc1ccc(SC(F)F)cc1. The standard InChI is InChI=1S/C18H21F2NO3S/c19-18(20)25-15-5-3-14(4-6-15)21-16(22)10-24-17(23)9-13-8-11-1-2-12(13)7-11/h3-6,11-13,18H,1-2,7-10H2,(H,21,22)/t11-,12+,13+/m0/s1. The largest absolute Gasteiger partial charge is 0.456 e. The summed E-state index contributed by atoms with van der Waals surface area (Å²) >= 11 is 0.445. The average Bonchev–Trinajstić information content (AvgIpc) is 3.17. The van der Waals surface area contributed by atoms with Crippen LogP contribution < -0.4 is 5.32 Å². The van der Waals surface area contributed by atoms with E-state index >= 15 is 0 Å². The van der Waals surface area contributed by atoms with Crippen molar-refractivity contribution in [1.82, 2.24) is 0 Å². The second-order valence-corrected chi connectivity index (χ2v) is 7.81. The maximum Gasteiger partial charge on any atom is 0.306 e. The topological polar surface area (TPSA) is 55.4 Å². The van der Waals surface area contributed by atoms with E-state index in [1.807, 2.05) is 0 Å². The first-order chi connectivity index (χ1) is 12.0. The number of hydrogen-bond donors (Lipinski definition) is 1. The van der Waals surface area contributed by atoms with Gasteiger partial charge in [0, 0.05) is 17.0 Å². The predicted molar refractivity (Wildman–Crippen MR) is 91.4 cm³/mol. The van der Waals surface area contributed by atoms with Gasteiger partial charge in [0.25, 0.3) is 11.7 Å². The number of thioether (sulfide) groups is 1. The van der Waals surface area contributed by atoms with E-state index in [1.165, 1.54) is 31.4 Å². The van der Waals surface area contributed by atoms with E-state index in [0.717, 1.165) is 12.3 Å². The van der Waals surface area contributed by atoms with Crippen LogP contribution in [0.15, 0.2) is 29.2 Å². The van der Waals surface area contributed by atoms with Crippen LogP contribution in [-0.2, 0) is 14.3 Å². The first kappa shape index (κ1) is 18.2. The van der Waals surface area contributed by atoms with E-state index < -0.39 is 11.7 Å². The lowest BCUT2D eigenvalue weighted by Crippen LogP contribution is -2.23. The fourth-order valence-corrected chi connectivity index (χ4v) is 4.46. The van der Waals surface area contributed by atoms with Crippen LogP contribution in [-0.4, -0.2) is 24.2 Å². The molecule has 0 saturated heterocycles. The first-order valence-electron chi connectivity index (χ1n) is 8.50. The van der Waals surface area contributed by atoms with Gasteiger partial charge in [0.2, 0.25) is 0 Å². The van der Waals surface area contributed by atoms with Crippen LogP contribution in [0.3, 0.4) is 0 Å². The zero-order chi connectivity index (χ0) is 17.8. The number of carbonyl (C=O) groups excluding carboxylic acids is 2. The number of nitrogens with one attached hydrogen (secondary N) is 1. The van der Waals surface area contributed by atoms with E-state index in [4.69, 9.17) is 4.74 Å². The van der Waals surface area contributed by atoms with E-state index in [0.29, 0.717) is 40.6 Å². The number of alkyl halides is 2. The number of esters is 1. The van der Waals surface area contributed by atoms with Gasteiger partial charge < -0.3 is 10.1 Å². The molecular formula is C18H21F2NO3S. The zero-order valence-electron chi connectivity index (χ0n) is 13.8. The highest BCUT2D eigenvalue weighted by atomic mass is 32.2. The van der Waals surface area contributed by atoms with Gasteiger partial charge in [-0.2, -0.15) is 8.78 Å². The molecule has 3 atom stereocenters. The molecule has 4 nitrogen and oxygen atoms in total. The van der Waals surface area contributed by atoms with Gasteiger partial charge in [-0.1, -0.05) is 18.2 Å². The Morgan fingerprint density at radius 2 is 1.96 bits per heavy atom. The Kier molecular flexibility index (Phi) is 5.93. The van der Waals surface area contributed by atoms with E-state index in [9.17, 15) is 18.4 Å². The molecule has 0 radical (unpaired) electrons. The van der Waals surface area contributed by atoms with Gasteiger partial charge in [0.1, 0.15) is 0 Å². The molecule has 0 unspecified atom stereocenters. The van der Waals surface area contributed by atoms with Crippen LogP contribution in [0, 0.1) is 17.8 Å². The number of amides is 1. The molecule has 7 heteroatoms. The number of halogens is 2. The van der Waals surface area contributed by atoms with Crippen molar-refractivity contribution in [2.45, 2.75) is 42.8 Å². The summed E-state index contributed by atoms with van der Waals surface area (Å²) in [6.07, 6.45) is 5.23. The van der Waals surface area contributed by atoms with Crippen LogP contribution in [0.5, 0.6) is 0 Å². The molecule has 1 amide bonds. The lowest BCUT2D eigenvalue weighted by Gasteiger charge is -2.20. The van der Waals surface area contributed by atoms with Crippen molar-refractivity contribution in [3.8, 4) is 0 Å². The Labute approximate surface area is 149 Å². The number of hydrogen-bond acceptors (Lipinski definition) is 4. The van der Waals surface area contributed by atoms with Gasteiger partial charge in [-0.3, -0.25) is 9.59 Å². The van der Waals surface area contributed by atoms with Crippen molar-refractivity contribution in [1.29, 1.82) is 0 Å². The van der Waals surface area contributed by atoms with Gasteiger partial charge in [0.15, 0.2) is 6.61 Å². The molecule has 0 heterocycles. The second-order valence-electron chi connectivity index (χ2n) is 6.75. The van der Waals surface area contributed by atoms with Crippen LogP contribution in [0.25, 0.3) is 0 Å². The minimum Gasteiger partial charge on any atom is -0.456 e. The molecule has 3 rings (SSSR count). The Morgan fingerprint density at radius 3 is 2.56 bits per heavy atom. The van der Waals surface area contributed by atoms with E-state index in [-0.39, 0.29) is 12.6 Å². The molecule has 1 N–H and O–H groups in total. The molecule has 2 aliphatic carbocycles. The predicted octanol–water partition coefficient (Wildman–Crippen LogP) is 4.31. The minimum absolute atomic E-state index is 0.323. The Hall–Kier alpha value is -1.63. The Balaban J connectivity index is 1.38. The highest BCUT2D eigenvalue weighted by molar-refractivity contribution is 7.99.